The fourth-order valence-corrected chi connectivity index (χ4v) is 4.67. The average Bonchev–Trinajstić information content (AvgIpc) is 3.18. The van der Waals surface area contributed by atoms with Crippen LogP contribution in [-0.2, 0) is 9.47 Å². The first-order valence-corrected chi connectivity index (χ1v) is 11.0. The molecule has 2 heterocycles. The molecular formula is C16H26N2O2S2. The van der Waals surface area contributed by atoms with Crippen LogP contribution in [-0.4, -0.2) is 61.1 Å². The molecule has 3 rings (SSSR count). The highest BCUT2D eigenvalue weighted by Crippen LogP contribution is 2.36. The molecular weight excluding hydrogens is 316 g/mol. The number of hydrogen-bond donors (Lipinski definition) is 0. The van der Waals surface area contributed by atoms with E-state index in [0.29, 0.717) is 23.9 Å². The lowest BCUT2D eigenvalue weighted by Crippen LogP contribution is -2.33. The molecule has 0 bridgehead atoms. The second kappa shape index (κ2) is 7.95. The lowest BCUT2D eigenvalue weighted by molar-refractivity contribution is 0.240. The molecule has 0 amide bonds. The summed E-state index contributed by atoms with van der Waals surface area (Å²) < 4.78 is 11.9. The average molecular weight is 343 g/mol. The predicted molar refractivity (Wildman–Crippen MR) is 96.6 cm³/mol. The summed E-state index contributed by atoms with van der Waals surface area (Å²) in [5, 5.41) is 0. The summed E-state index contributed by atoms with van der Waals surface area (Å²) in [6, 6.07) is 0.673. The third kappa shape index (κ3) is 3.75. The Morgan fingerprint density at radius 2 is 1.32 bits per heavy atom. The van der Waals surface area contributed by atoms with Crippen molar-refractivity contribution in [3.05, 3.63) is 0 Å². The topological polar surface area (TPSA) is 43.2 Å². The lowest BCUT2D eigenvalue weighted by Gasteiger charge is -2.30. The molecule has 0 saturated heterocycles. The Hall–Kier alpha value is -0.360. The van der Waals surface area contributed by atoms with Crippen LogP contribution in [0.2, 0.25) is 0 Å². The molecule has 0 aromatic rings. The van der Waals surface area contributed by atoms with Gasteiger partial charge in [0.15, 0.2) is 11.8 Å². The zero-order chi connectivity index (χ0) is 15.4. The summed E-state index contributed by atoms with van der Waals surface area (Å²) >= 11 is 3.68. The van der Waals surface area contributed by atoms with Crippen LogP contribution in [0, 0.1) is 11.8 Å². The van der Waals surface area contributed by atoms with Gasteiger partial charge in [-0.3, -0.25) is 0 Å². The molecule has 0 spiro atoms. The highest BCUT2D eigenvalue weighted by Gasteiger charge is 2.39. The van der Waals surface area contributed by atoms with Gasteiger partial charge in [-0.15, -0.1) is 0 Å². The maximum atomic E-state index is 5.94. The van der Waals surface area contributed by atoms with E-state index in [0.717, 1.165) is 49.4 Å². The van der Waals surface area contributed by atoms with Crippen molar-refractivity contribution in [2.75, 3.05) is 37.2 Å². The van der Waals surface area contributed by atoms with Gasteiger partial charge in [-0.05, 0) is 25.4 Å². The third-order valence-corrected chi connectivity index (χ3v) is 6.02. The minimum Gasteiger partial charge on any atom is -0.478 e. The first-order valence-electron chi connectivity index (χ1n) is 8.20. The second-order valence-electron chi connectivity index (χ2n) is 6.27. The highest BCUT2D eigenvalue weighted by molar-refractivity contribution is 7.98. The van der Waals surface area contributed by atoms with Gasteiger partial charge in [0.1, 0.15) is 13.2 Å². The van der Waals surface area contributed by atoms with Crippen LogP contribution >= 0.6 is 23.5 Å². The molecule has 0 radical (unpaired) electrons. The molecule has 0 aromatic heterocycles. The van der Waals surface area contributed by atoms with Crippen molar-refractivity contribution in [2.45, 2.75) is 37.8 Å². The zero-order valence-electron chi connectivity index (χ0n) is 13.5. The Morgan fingerprint density at radius 3 is 1.73 bits per heavy atom. The van der Waals surface area contributed by atoms with Gasteiger partial charge in [0.2, 0.25) is 0 Å². The molecule has 1 fully saturated rings. The van der Waals surface area contributed by atoms with Crippen LogP contribution < -0.4 is 0 Å². The number of ether oxygens (including phenoxy) is 2. The number of rotatable bonds is 6. The lowest BCUT2D eigenvalue weighted by atomic mass is 9.79. The molecule has 124 valence electrons. The van der Waals surface area contributed by atoms with Gasteiger partial charge in [-0.25, -0.2) is 9.98 Å². The van der Waals surface area contributed by atoms with Gasteiger partial charge >= 0.3 is 0 Å². The van der Waals surface area contributed by atoms with E-state index in [4.69, 9.17) is 19.5 Å². The maximum absolute atomic E-state index is 5.94. The van der Waals surface area contributed by atoms with Crippen molar-refractivity contribution < 1.29 is 9.47 Å². The van der Waals surface area contributed by atoms with E-state index in [2.05, 4.69) is 12.5 Å². The molecule has 3 aliphatic rings. The summed E-state index contributed by atoms with van der Waals surface area (Å²) in [4.78, 5) is 9.67. The van der Waals surface area contributed by atoms with E-state index in [9.17, 15) is 0 Å². The smallest absolute Gasteiger partial charge is 0.187 e. The van der Waals surface area contributed by atoms with E-state index >= 15 is 0 Å². The van der Waals surface area contributed by atoms with Crippen LogP contribution in [0.25, 0.3) is 0 Å². The standard InChI is InChI=1S/C16H26N2O2S2/c1-21-9-11-7-19-15(17-11)13-5-3-4-6-14(13)16-18-12(8-20-16)10-22-2/h11-14H,3-10H2,1-2H3/t11-,12-,13-,14-/m1/s1. The van der Waals surface area contributed by atoms with Gasteiger partial charge in [0.05, 0.1) is 12.1 Å². The number of thioether (sulfide) groups is 2. The van der Waals surface area contributed by atoms with Crippen LogP contribution in [0.4, 0.5) is 0 Å². The summed E-state index contributed by atoms with van der Waals surface area (Å²) in [5.74, 6) is 4.81. The zero-order valence-corrected chi connectivity index (χ0v) is 15.1. The fourth-order valence-electron chi connectivity index (χ4n) is 3.56. The molecule has 0 N–H and O–H groups in total. The van der Waals surface area contributed by atoms with Crippen molar-refractivity contribution in [3.63, 3.8) is 0 Å². The van der Waals surface area contributed by atoms with Crippen molar-refractivity contribution >= 4 is 35.3 Å². The molecule has 2 aliphatic heterocycles. The number of hydrogen-bond acceptors (Lipinski definition) is 6. The quantitative estimate of drug-likeness (QED) is 0.744. The molecule has 6 heteroatoms. The molecule has 1 saturated carbocycles. The van der Waals surface area contributed by atoms with Crippen molar-refractivity contribution in [2.24, 2.45) is 21.8 Å². The summed E-state index contributed by atoms with van der Waals surface area (Å²) in [6.07, 6.45) is 9.10. The Morgan fingerprint density at radius 1 is 0.864 bits per heavy atom. The van der Waals surface area contributed by atoms with Crippen molar-refractivity contribution in [1.29, 1.82) is 0 Å². The minimum atomic E-state index is 0.336. The molecule has 0 unspecified atom stereocenters. The second-order valence-corrected chi connectivity index (χ2v) is 8.09. The van der Waals surface area contributed by atoms with Gasteiger partial charge in [0, 0.05) is 23.3 Å². The molecule has 4 atom stereocenters. The largest absolute Gasteiger partial charge is 0.478 e. The Balaban J connectivity index is 1.70. The van der Waals surface area contributed by atoms with Gasteiger partial charge in [-0.1, -0.05) is 12.8 Å². The van der Waals surface area contributed by atoms with E-state index in [1.54, 1.807) is 0 Å². The first kappa shape index (κ1) is 16.5. The maximum Gasteiger partial charge on any atom is 0.187 e. The van der Waals surface area contributed by atoms with Crippen LogP contribution in [0.3, 0.4) is 0 Å². The fraction of sp³-hybridized carbons (Fsp3) is 0.875. The molecule has 4 nitrogen and oxygen atoms in total. The summed E-state index contributed by atoms with van der Waals surface area (Å²) in [7, 11) is 0. The van der Waals surface area contributed by atoms with Gasteiger partial charge < -0.3 is 9.47 Å². The van der Waals surface area contributed by atoms with Gasteiger partial charge in [-0.2, -0.15) is 23.5 Å². The number of nitrogens with zero attached hydrogens (tertiary/aromatic N) is 2. The summed E-state index contributed by atoms with van der Waals surface area (Å²) in [6.45, 7) is 1.50. The first-order chi connectivity index (χ1) is 10.8. The third-order valence-electron chi connectivity index (χ3n) is 4.59. The van der Waals surface area contributed by atoms with Crippen molar-refractivity contribution in [1.82, 2.24) is 0 Å². The monoisotopic (exact) mass is 342 g/mol. The Labute approximate surface area is 141 Å². The van der Waals surface area contributed by atoms with Gasteiger partial charge in [0.25, 0.3) is 0 Å². The summed E-state index contributed by atoms with van der Waals surface area (Å²) in [5.41, 5.74) is 0. The molecule has 1 aliphatic carbocycles. The Kier molecular flexibility index (Phi) is 5.96. The minimum absolute atomic E-state index is 0.336. The van der Waals surface area contributed by atoms with E-state index in [-0.39, 0.29) is 0 Å². The van der Waals surface area contributed by atoms with Crippen LogP contribution in [0.5, 0.6) is 0 Å². The van der Waals surface area contributed by atoms with Crippen LogP contribution in [0.1, 0.15) is 25.7 Å². The van der Waals surface area contributed by atoms with Crippen LogP contribution in [0.15, 0.2) is 9.98 Å². The molecule has 22 heavy (non-hydrogen) atoms. The van der Waals surface area contributed by atoms with E-state index in [1.165, 1.54) is 12.8 Å². The Bertz CT molecular complexity index is 402. The normalized spacial score (nSPS) is 34.8. The SMILES string of the molecule is CSC[C@H]1COC([C@@H]2CCCC[C@H]2C2=N[C@@H](CSC)CO2)=N1. The van der Waals surface area contributed by atoms with E-state index < -0.39 is 0 Å². The van der Waals surface area contributed by atoms with Crippen molar-refractivity contribution in [3.8, 4) is 0 Å². The highest BCUT2D eigenvalue weighted by atomic mass is 32.2. The molecule has 0 aromatic carbocycles. The predicted octanol–water partition coefficient (Wildman–Crippen LogP) is 3.11. The number of aliphatic imine (C=N–C) groups is 2. The van der Waals surface area contributed by atoms with E-state index in [1.807, 2.05) is 23.5 Å².